The van der Waals surface area contributed by atoms with Crippen molar-refractivity contribution >= 4 is 21.8 Å². The Bertz CT molecular complexity index is 459. The fourth-order valence-corrected chi connectivity index (χ4v) is 2.94. The first-order valence-corrected chi connectivity index (χ1v) is 8.36. The first-order valence-electron chi connectivity index (χ1n) is 7.57. The van der Waals surface area contributed by atoms with Crippen LogP contribution >= 0.6 is 15.9 Å². The van der Waals surface area contributed by atoms with E-state index in [9.17, 15) is 4.79 Å². The van der Waals surface area contributed by atoms with E-state index in [1.54, 1.807) is 0 Å². The summed E-state index contributed by atoms with van der Waals surface area (Å²) in [4.78, 5) is 11.9. The topological polar surface area (TPSA) is 64.3 Å². The van der Waals surface area contributed by atoms with Crippen molar-refractivity contribution in [2.24, 2.45) is 5.73 Å². The van der Waals surface area contributed by atoms with Crippen LogP contribution in [0.3, 0.4) is 0 Å². The zero-order valence-corrected chi connectivity index (χ0v) is 13.8. The van der Waals surface area contributed by atoms with E-state index in [0.29, 0.717) is 25.1 Å². The Kier molecular flexibility index (Phi) is 6.51. The summed E-state index contributed by atoms with van der Waals surface area (Å²) in [6.45, 7) is 0.547. The maximum atomic E-state index is 11.9. The summed E-state index contributed by atoms with van der Waals surface area (Å²) in [7, 11) is 0. The molecule has 1 amide bonds. The molecule has 0 radical (unpaired) electrons. The number of hydrogen-bond acceptors (Lipinski definition) is 3. The van der Waals surface area contributed by atoms with Crippen LogP contribution in [0.5, 0.6) is 5.75 Å². The molecule has 0 bridgehead atoms. The molecule has 0 saturated heterocycles. The third kappa shape index (κ3) is 5.67. The number of halogens is 1. The first kappa shape index (κ1) is 16.3. The summed E-state index contributed by atoms with van der Waals surface area (Å²) < 4.78 is 6.59. The maximum Gasteiger partial charge on any atom is 0.220 e. The van der Waals surface area contributed by atoms with Gasteiger partial charge in [-0.05, 0) is 60.2 Å². The summed E-state index contributed by atoms with van der Waals surface area (Å²) in [5.74, 6) is 0.936. The summed E-state index contributed by atoms with van der Waals surface area (Å²) in [6.07, 6.45) is 5.25. The Hall–Kier alpha value is -1.07. The van der Waals surface area contributed by atoms with Gasteiger partial charge in [-0.15, -0.1) is 0 Å². The Morgan fingerprint density at radius 1 is 1.29 bits per heavy atom. The van der Waals surface area contributed by atoms with Crippen LogP contribution in [0.15, 0.2) is 28.7 Å². The number of amides is 1. The van der Waals surface area contributed by atoms with Crippen LogP contribution in [0.2, 0.25) is 0 Å². The zero-order chi connectivity index (χ0) is 15.1. The van der Waals surface area contributed by atoms with Gasteiger partial charge >= 0.3 is 0 Å². The molecule has 2 rings (SSSR count). The minimum Gasteiger partial charge on any atom is -0.492 e. The van der Waals surface area contributed by atoms with E-state index >= 15 is 0 Å². The average molecular weight is 355 g/mol. The fourth-order valence-electron chi connectivity index (χ4n) is 2.54. The van der Waals surface area contributed by atoms with Crippen LogP contribution in [0, 0.1) is 0 Å². The highest BCUT2D eigenvalue weighted by Gasteiger charge is 2.19. The lowest BCUT2D eigenvalue weighted by molar-refractivity contribution is -0.122. The molecule has 3 N–H and O–H groups in total. The second kappa shape index (κ2) is 8.39. The lowest BCUT2D eigenvalue weighted by atomic mass is 9.92. The molecule has 4 nitrogen and oxygen atoms in total. The molecule has 21 heavy (non-hydrogen) atoms. The van der Waals surface area contributed by atoms with E-state index in [1.807, 2.05) is 24.3 Å². The van der Waals surface area contributed by atoms with E-state index < -0.39 is 0 Å². The quantitative estimate of drug-likeness (QED) is 0.771. The van der Waals surface area contributed by atoms with Gasteiger partial charge in [0.15, 0.2) is 0 Å². The molecule has 1 fully saturated rings. The SMILES string of the molecule is NC1CCC(NC(=O)CCCOc2ccccc2Br)CC1. The van der Waals surface area contributed by atoms with Crippen LogP contribution in [-0.4, -0.2) is 24.6 Å². The number of carbonyl (C=O) groups excluding carboxylic acids is 1. The molecule has 0 heterocycles. The van der Waals surface area contributed by atoms with Gasteiger partial charge in [0.1, 0.15) is 5.75 Å². The van der Waals surface area contributed by atoms with Gasteiger partial charge < -0.3 is 15.8 Å². The van der Waals surface area contributed by atoms with Crippen molar-refractivity contribution in [2.75, 3.05) is 6.61 Å². The van der Waals surface area contributed by atoms with E-state index in [2.05, 4.69) is 21.2 Å². The zero-order valence-electron chi connectivity index (χ0n) is 12.2. The fraction of sp³-hybridized carbons (Fsp3) is 0.562. The second-order valence-electron chi connectivity index (χ2n) is 5.56. The molecule has 1 aliphatic carbocycles. The van der Waals surface area contributed by atoms with Crippen molar-refractivity contribution in [2.45, 2.75) is 50.6 Å². The van der Waals surface area contributed by atoms with Gasteiger partial charge in [-0.1, -0.05) is 12.1 Å². The Labute approximate surface area is 134 Å². The minimum atomic E-state index is 0.117. The van der Waals surface area contributed by atoms with E-state index in [-0.39, 0.29) is 5.91 Å². The van der Waals surface area contributed by atoms with Gasteiger partial charge in [0.05, 0.1) is 11.1 Å². The van der Waals surface area contributed by atoms with Gasteiger partial charge in [0.25, 0.3) is 0 Å². The second-order valence-corrected chi connectivity index (χ2v) is 6.42. The highest BCUT2D eigenvalue weighted by molar-refractivity contribution is 9.10. The molecule has 116 valence electrons. The van der Waals surface area contributed by atoms with Crippen molar-refractivity contribution in [3.63, 3.8) is 0 Å². The van der Waals surface area contributed by atoms with Crippen LogP contribution < -0.4 is 15.8 Å². The predicted molar refractivity (Wildman–Crippen MR) is 87.2 cm³/mol. The third-order valence-electron chi connectivity index (χ3n) is 3.78. The number of carbonyl (C=O) groups is 1. The summed E-state index contributed by atoms with van der Waals surface area (Å²) in [6, 6.07) is 8.35. The number of nitrogens with one attached hydrogen (secondary N) is 1. The average Bonchev–Trinajstić information content (AvgIpc) is 2.48. The van der Waals surface area contributed by atoms with Gasteiger partial charge in [0.2, 0.25) is 5.91 Å². The highest BCUT2D eigenvalue weighted by atomic mass is 79.9. The Morgan fingerprint density at radius 3 is 2.71 bits per heavy atom. The number of benzene rings is 1. The molecule has 0 unspecified atom stereocenters. The van der Waals surface area contributed by atoms with Gasteiger partial charge in [-0.25, -0.2) is 0 Å². The molecular weight excluding hydrogens is 332 g/mol. The lowest BCUT2D eigenvalue weighted by Gasteiger charge is -2.26. The molecular formula is C16H23BrN2O2. The molecule has 1 aromatic rings. The van der Waals surface area contributed by atoms with Gasteiger partial charge in [-0.3, -0.25) is 4.79 Å². The molecule has 1 aliphatic rings. The third-order valence-corrected chi connectivity index (χ3v) is 4.43. The van der Waals surface area contributed by atoms with Gasteiger partial charge in [-0.2, -0.15) is 0 Å². The Morgan fingerprint density at radius 2 is 2.00 bits per heavy atom. The van der Waals surface area contributed by atoms with Crippen LogP contribution in [-0.2, 0) is 4.79 Å². The van der Waals surface area contributed by atoms with E-state index in [1.165, 1.54) is 0 Å². The minimum absolute atomic E-state index is 0.117. The standard InChI is InChI=1S/C16H23BrN2O2/c17-14-4-1-2-5-15(14)21-11-3-6-16(20)19-13-9-7-12(18)8-10-13/h1-2,4-5,12-13H,3,6-11,18H2,(H,19,20). The van der Waals surface area contributed by atoms with Crippen molar-refractivity contribution < 1.29 is 9.53 Å². The first-order chi connectivity index (χ1) is 10.1. The molecule has 1 aromatic carbocycles. The van der Waals surface area contributed by atoms with Gasteiger partial charge in [0, 0.05) is 18.5 Å². The summed E-state index contributed by atoms with van der Waals surface area (Å²) >= 11 is 3.43. The monoisotopic (exact) mass is 354 g/mol. The number of nitrogens with two attached hydrogens (primary N) is 1. The van der Waals surface area contributed by atoms with Crippen molar-refractivity contribution in [1.82, 2.24) is 5.32 Å². The highest BCUT2D eigenvalue weighted by Crippen LogP contribution is 2.23. The number of ether oxygens (including phenoxy) is 1. The van der Waals surface area contributed by atoms with Crippen molar-refractivity contribution in [1.29, 1.82) is 0 Å². The van der Waals surface area contributed by atoms with Crippen LogP contribution in [0.25, 0.3) is 0 Å². The Balaban J connectivity index is 1.60. The molecule has 0 aromatic heterocycles. The molecule has 0 aliphatic heterocycles. The smallest absolute Gasteiger partial charge is 0.220 e. The predicted octanol–water partition coefficient (Wildman–Crippen LogP) is 2.99. The summed E-state index contributed by atoms with van der Waals surface area (Å²) in [5, 5.41) is 3.09. The number of rotatable bonds is 6. The molecule has 0 atom stereocenters. The van der Waals surface area contributed by atoms with Crippen molar-refractivity contribution in [3.8, 4) is 5.75 Å². The van der Waals surface area contributed by atoms with E-state index in [0.717, 1.165) is 42.3 Å². The maximum absolute atomic E-state index is 11.9. The number of para-hydroxylation sites is 1. The van der Waals surface area contributed by atoms with E-state index in [4.69, 9.17) is 10.5 Å². The summed E-state index contributed by atoms with van der Waals surface area (Å²) in [5.41, 5.74) is 5.86. The van der Waals surface area contributed by atoms with Crippen LogP contribution in [0.4, 0.5) is 0 Å². The largest absolute Gasteiger partial charge is 0.492 e. The van der Waals surface area contributed by atoms with Crippen LogP contribution in [0.1, 0.15) is 38.5 Å². The van der Waals surface area contributed by atoms with Crippen molar-refractivity contribution in [3.05, 3.63) is 28.7 Å². The molecule has 1 saturated carbocycles. The normalized spacial score (nSPS) is 21.8. The number of hydrogen-bond donors (Lipinski definition) is 2. The molecule has 5 heteroatoms. The lowest BCUT2D eigenvalue weighted by Crippen LogP contribution is -2.40. The molecule has 0 spiro atoms.